The van der Waals surface area contributed by atoms with Crippen LogP contribution in [0.4, 0.5) is 0 Å². The van der Waals surface area contributed by atoms with Crippen molar-refractivity contribution in [1.82, 2.24) is 4.31 Å². The van der Waals surface area contributed by atoms with Crippen LogP contribution in [0.1, 0.15) is 39.0 Å². The van der Waals surface area contributed by atoms with E-state index in [1.165, 1.54) is 4.31 Å². The Balaban J connectivity index is 1.99. The van der Waals surface area contributed by atoms with Gasteiger partial charge in [0, 0.05) is 19.2 Å². The highest BCUT2D eigenvalue weighted by atomic mass is 32.2. The number of rotatable bonds is 6. The maximum Gasteiger partial charge on any atom is 0.308 e. The molecule has 116 valence electrons. The van der Waals surface area contributed by atoms with Crippen LogP contribution in [0.15, 0.2) is 0 Å². The molecule has 0 radical (unpaired) electrons. The summed E-state index contributed by atoms with van der Waals surface area (Å²) in [6, 6.07) is -0.401. The van der Waals surface area contributed by atoms with Crippen molar-refractivity contribution in [3.05, 3.63) is 0 Å². The van der Waals surface area contributed by atoms with Gasteiger partial charge < -0.3 is 9.84 Å². The molecule has 0 saturated carbocycles. The van der Waals surface area contributed by atoms with Crippen LogP contribution in [-0.2, 0) is 19.6 Å². The summed E-state index contributed by atoms with van der Waals surface area (Å²) in [5.41, 5.74) is 0. The molecule has 0 bridgehead atoms. The quantitative estimate of drug-likeness (QED) is 0.793. The van der Waals surface area contributed by atoms with Gasteiger partial charge in [-0.25, -0.2) is 8.42 Å². The van der Waals surface area contributed by atoms with Crippen LogP contribution in [0.25, 0.3) is 0 Å². The minimum atomic E-state index is -3.39. The van der Waals surface area contributed by atoms with Crippen molar-refractivity contribution in [1.29, 1.82) is 0 Å². The number of aliphatic carboxylic acids is 1. The summed E-state index contributed by atoms with van der Waals surface area (Å²) in [6.45, 7) is 2.88. The zero-order valence-corrected chi connectivity index (χ0v) is 12.6. The van der Waals surface area contributed by atoms with Gasteiger partial charge in [-0.1, -0.05) is 6.92 Å². The molecule has 2 aliphatic heterocycles. The summed E-state index contributed by atoms with van der Waals surface area (Å²) in [7, 11) is -3.39. The van der Waals surface area contributed by atoms with Gasteiger partial charge in [-0.3, -0.25) is 4.79 Å². The van der Waals surface area contributed by atoms with Crippen LogP contribution in [0.3, 0.4) is 0 Å². The zero-order chi connectivity index (χ0) is 14.8. The number of ether oxygens (including phenoxy) is 1. The van der Waals surface area contributed by atoms with E-state index in [1.54, 1.807) is 0 Å². The Bertz CT molecular complexity index is 444. The second-order valence-electron chi connectivity index (χ2n) is 5.56. The third-order valence-electron chi connectivity index (χ3n) is 4.31. The molecule has 2 heterocycles. The van der Waals surface area contributed by atoms with Gasteiger partial charge in [-0.2, -0.15) is 4.31 Å². The average Bonchev–Trinajstić information content (AvgIpc) is 3.05. The van der Waals surface area contributed by atoms with Crippen LogP contribution < -0.4 is 0 Å². The Kier molecular flexibility index (Phi) is 5.04. The predicted molar refractivity (Wildman–Crippen MR) is 73.9 cm³/mol. The fourth-order valence-corrected chi connectivity index (χ4v) is 5.10. The number of hydrogen-bond donors (Lipinski definition) is 1. The molecule has 2 aliphatic rings. The van der Waals surface area contributed by atoms with E-state index in [1.807, 2.05) is 6.92 Å². The van der Waals surface area contributed by atoms with E-state index >= 15 is 0 Å². The maximum atomic E-state index is 12.4. The van der Waals surface area contributed by atoms with Crippen molar-refractivity contribution < 1.29 is 23.1 Å². The lowest BCUT2D eigenvalue weighted by atomic mass is 9.99. The molecule has 2 rings (SSSR count). The molecule has 0 spiro atoms. The molecule has 6 nitrogen and oxygen atoms in total. The predicted octanol–water partition coefficient (Wildman–Crippen LogP) is 1.07. The number of carboxylic acid groups (broad SMARTS) is 1. The zero-order valence-electron chi connectivity index (χ0n) is 11.8. The smallest absolute Gasteiger partial charge is 0.308 e. The molecule has 0 aromatic rings. The molecule has 3 unspecified atom stereocenters. The first-order valence-corrected chi connectivity index (χ1v) is 8.90. The largest absolute Gasteiger partial charge is 0.481 e. The Morgan fingerprint density at radius 3 is 2.70 bits per heavy atom. The number of carbonyl (C=O) groups is 1. The molecule has 2 fully saturated rings. The van der Waals surface area contributed by atoms with Gasteiger partial charge >= 0.3 is 5.97 Å². The number of sulfonamides is 1. The highest BCUT2D eigenvalue weighted by molar-refractivity contribution is 7.89. The lowest BCUT2D eigenvalue weighted by molar-refractivity contribution is -0.142. The lowest BCUT2D eigenvalue weighted by Crippen LogP contribution is -2.40. The van der Waals surface area contributed by atoms with Crippen molar-refractivity contribution in [2.75, 3.05) is 18.9 Å². The van der Waals surface area contributed by atoms with E-state index in [0.717, 1.165) is 12.8 Å². The second kappa shape index (κ2) is 6.41. The first-order valence-electron chi connectivity index (χ1n) is 7.29. The first kappa shape index (κ1) is 15.7. The highest BCUT2D eigenvalue weighted by Gasteiger charge is 2.43. The minimum absolute atomic E-state index is 0.0442. The molecule has 3 atom stereocenters. The molecule has 0 aliphatic carbocycles. The standard InChI is InChI=1S/C13H23NO5S/c1-2-12-11(13(15)16)5-7-14(12)20(17,18)9-6-10-4-3-8-19-10/h10-12H,2-9H2,1H3,(H,15,16). The second-order valence-corrected chi connectivity index (χ2v) is 7.60. The van der Waals surface area contributed by atoms with Gasteiger partial charge in [0.1, 0.15) is 0 Å². The van der Waals surface area contributed by atoms with Crippen LogP contribution >= 0.6 is 0 Å². The lowest BCUT2D eigenvalue weighted by Gasteiger charge is -2.25. The maximum absolute atomic E-state index is 12.4. The number of hydrogen-bond acceptors (Lipinski definition) is 4. The molecule has 2 saturated heterocycles. The van der Waals surface area contributed by atoms with E-state index in [2.05, 4.69) is 0 Å². The Labute approximate surface area is 120 Å². The van der Waals surface area contributed by atoms with E-state index in [4.69, 9.17) is 9.84 Å². The van der Waals surface area contributed by atoms with E-state index in [0.29, 0.717) is 32.4 Å². The van der Waals surface area contributed by atoms with Crippen LogP contribution in [0.2, 0.25) is 0 Å². The van der Waals surface area contributed by atoms with E-state index in [9.17, 15) is 13.2 Å². The molecule has 1 N–H and O–H groups in total. The molecule has 7 heteroatoms. The molecule has 0 aromatic carbocycles. The van der Waals surface area contributed by atoms with Crippen LogP contribution in [0.5, 0.6) is 0 Å². The topological polar surface area (TPSA) is 83.9 Å². The Morgan fingerprint density at radius 1 is 1.40 bits per heavy atom. The average molecular weight is 305 g/mol. The third-order valence-corrected chi connectivity index (χ3v) is 6.23. The minimum Gasteiger partial charge on any atom is -0.481 e. The molecule has 0 amide bonds. The Hall–Kier alpha value is -0.660. The highest BCUT2D eigenvalue weighted by Crippen LogP contribution is 2.30. The van der Waals surface area contributed by atoms with Gasteiger partial charge in [0.05, 0.1) is 17.8 Å². The fraction of sp³-hybridized carbons (Fsp3) is 0.923. The molecule has 20 heavy (non-hydrogen) atoms. The monoisotopic (exact) mass is 305 g/mol. The number of carboxylic acids is 1. The van der Waals surface area contributed by atoms with Gasteiger partial charge in [-0.05, 0) is 32.1 Å². The summed E-state index contributed by atoms with van der Waals surface area (Å²) < 4.78 is 31.7. The fourth-order valence-electron chi connectivity index (χ4n) is 3.22. The third kappa shape index (κ3) is 3.32. The van der Waals surface area contributed by atoms with Gasteiger partial charge in [0.2, 0.25) is 10.0 Å². The SMILES string of the molecule is CCC1C(C(=O)O)CCN1S(=O)(=O)CCC1CCCO1. The van der Waals surface area contributed by atoms with Crippen molar-refractivity contribution >= 4 is 16.0 Å². The van der Waals surface area contributed by atoms with E-state index in [-0.39, 0.29) is 11.9 Å². The summed E-state index contributed by atoms with van der Waals surface area (Å²) in [4.78, 5) is 11.2. The first-order chi connectivity index (χ1) is 9.45. The molecular formula is C13H23NO5S. The van der Waals surface area contributed by atoms with Crippen LogP contribution in [-0.4, -0.2) is 54.8 Å². The van der Waals surface area contributed by atoms with Crippen molar-refractivity contribution in [3.63, 3.8) is 0 Å². The van der Waals surface area contributed by atoms with Crippen molar-refractivity contribution in [2.24, 2.45) is 5.92 Å². The normalized spacial score (nSPS) is 31.8. The summed E-state index contributed by atoms with van der Waals surface area (Å²) >= 11 is 0. The summed E-state index contributed by atoms with van der Waals surface area (Å²) in [5, 5.41) is 9.16. The Morgan fingerprint density at radius 2 is 2.15 bits per heavy atom. The number of nitrogens with zero attached hydrogens (tertiary/aromatic N) is 1. The van der Waals surface area contributed by atoms with Gasteiger partial charge in [0.15, 0.2) is 0 Å². The molecule has 0 aromatic heterocycles. The molecular weight excluding hydrogens is 282 g/mol. The van der Waals surface area contributed by atoms with E-state index < -0.39 is 28.0 Å². The van der Waals surface area contributed by atoms with Gasteiger partial charge in [0.25, 0.3) is 0 Å². The summed E-state index contributed by atoms with van der Waals surface area (Å²) in [5.74, 6) is -1.41. The van der Waals surface area contributed by atoms with Crippen molar-refractivity contribution in [3.8, 4) is 0 Å². The van der Waals surface area contributed by atoms with Gasteiger partial charge in [-0.15, -0.1) is 0 Å². The van der Waals surface area contributed by atoms with Crippen molar-refractivity contribution in [2.45, 2.75) is 51.2 Å². The van der Waals surface area contributed by atoms with Crippen LogP contribution in [0, 0.1) is 5.92 Å². The summed E-state index contributed by atoms with van der Waals surface area (Å²) in [6.07, 6.45) is 3.41.